The molecule has 0 unspecified atom stereocenters. The summed E-state index contributed by atoms with van der Waals surface area (Å²) >= 11 is 0. The third kappa shape index (κ3) is 3.33. The van der Waals surface area contributed by atoms with E-state index >= 15 is 0 Å². The van der Waals surface area contributed by atoms with Gasteiger partial charge in [-0.25, -0.2) is 23.7 Å². The number of benzene rings is 1. The van der Waals surface area contributed by atoms with Crippen LogP contribution < -0.4 is 0 Å². The summed E-state index contributed by atoms with van der Waals surface area (Å²) in [5, 5.41) is 4.52. The fourth-order valence-electron chi connectivity index (χ4n) is 5.26. The molecule has 1 aliphatic carbocycles. The SMILES string of the molecule is Fc1ccc(-c2nc([C@H]3CCO[C@H](c4cnn(C5CC5)c4)C3)nc3c2nc2n3CCC2)c(F)c1. The zero-order valence-electron chi connectivity index (χ0n) is 18.6. The Bertz CT molecular complexity index is 1410. The van der Waals surface area contributed by atoms with Gasteiger partial charge in [-0.15, -0.1) is 0 Å². The van der Waals surface area contributed by atoms with Crippen LogP contribution in [0.2, 0.25) is 0 Å². The molecular formula is C25H24F2N6O. The summed E-state index contributed by atoms with van der Waals surface area (Å²) in [5.74, 6) is 0.420. The van der Waals surface area contributed by atoms with Gasteiger partial charge in [0, 0.05) is 48.9 Å². The second kappa shape index (κ2) is 7.66. The van der Waals surface area contributed by atoms with Crippen molar-refractivity contribution in [2.75, 3.05) is 6.61 Å². The monoisotopic (exact) mass is 462 g/mol. The van der Waals surface area contributed by atoms with Crippen LogP contribution >= 0.6 is 0 Å². The van der Waals surface area contributed by atoms with Gasteiger partial charge < -0.3 is 9.30 Å². The Morgan fingerprint density at radius 1 is 1.06 bits per heavy atom. The minimum Gasteiger partial charge on any atom is -0.373 e. The van der Waals surface area contributed by atoms with Crippen LogP contribution in [-0.2, 0) is 17.7 Å². The lowest BCUT2D eigenvalue weighted by Crippen LogP contribution is -2.20. The maximum atomic E-state index is 14.8. The highest BCUT2D eigenvalue weighted by Crippen LogP contribution is 2.40. The van der Waals surface area contributed by atoms with Gasteiger partial charge in [0.15, 0.2) is 5.65 Å². The van der Waals surface area contributed by atoms with E-state index in [1.54, 1.807) is 0 Å². The second-order valence-corrected chi connectivity index (χ2v) is 9.58. The van der Waals surface area contributed by atoms with Crippen molar-refractivity contribution in [3.8, 4) is 11.3 Å². The van der Waals surface area contributed by atoms with Crippen molar-refractivity contribution in [3.05, 3.63) is 59.4 Å². The second-order valence-electron chi connectivity index (χ2n) is 9.58. The number of ether oxygens (including phenoxy) is 1. The summed E-state index contributed by atoms with van der Waals surface area (Å²) in [7, 11) is 0. The van der Waals surface area contributed by atoms with E-state index in [1.807, 2.05) is 10.9 Å². The van der Waals surface area contributed by atoms with Gasteiger partial charge in [-0.05, 0) is 44.2 Å². The fourth-order valence-corrected chi connectivity index (χ4v) is 5.26. The molecule has 1 saturated carbocycles. The Morgan fingerprint density at radius 3 is 2.82 bits per heavy atom. The lowest BCUT2D eigenvalue weighted by atomic mass is 9.92. The van der Waals surface area contributed by atoms with E-state index in [4.69, 9.17) is 19.7 Å². The Hall–Kier alpha value is -3.20. The first-order valence-electron chi connectivity index (χ1n) is 12.0. The van der Waals surface area contributed by atoms with Crippen molar-refractivity contribution in [1.82, 2.24) is 29.3 Å². The minimum absolute atomic E-state index is 0.0576. The van der Waals surface area contributed by atoms with Crippen LogP contribution in [0.15, 0.2) is 30.6 Å². The van der Waals surface area contributed by atoms with Crippen LogP contribution in [0, 0.1) is 11.6 Å². The normalized spacial score (nSPS) is 22.4. The van der Waals surface area contributed by atoms with Crippen LogP contribution in [-0.4, -0.2) is 35.9 Å². The number of hydrogen-bond acceptors (Lipinski definition) is 5. The third-order valence-electron chi connectivity index (χ3n) is 7.22. The molecule has 174 valence electrons. The summed E-state index contributed by atoms with van der Waals surface area (Å²) in [6.45, 7) is 1.43. The third-order valence-corrected chi connectivity index (χ3v) is 7.22. The maximum Gasteiger partial charge on any atom is 0.164 e. The van der Waals surface area contributed by atoms with E-state index in [0.717, 1.165) is 55.3 Å². The van der Waals surface area contributed by atoms with Gasteiger partial charge in [0.05, 0.1) is 18.3 Å². The molecule has 0 amide bonds. The molecule has 0 bridgehead atoms. The molecule has 1 aromatic carbocycles. The number of rotatable bonds is 4. The number of nitrogens with zero attached hydrogens (tertiary/aromatic N) is 6. The Kier molecular flexibility index (Phi) is 4.55. The molecule has 0 spiro atoms. The van der Waals surface area contributed by atoms with Crippen LogP contribution in [0.3, 0.4) is 0 Å². The quantitative estimate of drug-likeness (QED) is 0.432. The molecule has 2 fully saturated rings. The molecule has 34 heavy (non-hydrogen) atoms. The molecule has 3 aliphatic rings. The predicted octanol–water partition coefficient (Wildman–Crippen LogP) is 4.88. The molecule has 3 aromatic heterocycles. The van der Waals surface area contributed by atoms with E-state index in [-0.39, 0.29) is 17.6 Å². The predicted molar refractivity (Wildman–Crippen MR) is 120 cm³/mol. The summed E-state index contributed by atoms with van der Waals surface area (Å²) < 4.78 is 38.7. The smallest absolute Gasteiger partial charge is 0.164 e. The Balaban J connectivity index is 1.30. The standard InChI is InChI=1S/C25H24F2N6O/c26-16-3-6-18(19(27)11-16)22-23-25(32-8-1-2-21(32)29-23)31-24(30-22)14-7-9-34-20(10-14)15-12-28-33(13-15)17-4-5-17/h3,6,11-14,17,20H,1-2,4-5,7-10H2/t14-,20-/m0/s1. The summed E-state index contributed by atoms with van der Waals surface area (Å²) in [5.41, 5.74) is 3.08. The van der Waals surface area contributed by atoms with Gasteiger partial charge >= 0.3 is 0 Å². The van der Waals surface area contributed by atoms with Crippen LogP contribution in [0.25, 0.3) is 22.4 Å². The van der Waals surface area contributed by atoms with Crippen LogP contribution in [0.5, 0.6) is 0 Å². The van der Waals surface area contributed by atoms with Crippen molar-refractivity contribution < 1.29 is 13.5 Å². The number of aromatic nitrogens is 6. The van der Waals surface area contributed by atoms with E-state index in [2.05, 4.69) is 15.9 Å². The summed E-state index contributed by atoms with van der Waals surface area (Å²) in [4.78, 5) is 14.5. The van der Waals surface area contributed by atoms with Gasteiger partial charge in [-0.1, -0.05) is 0 Å². The largest absolute Gasteiger partial charge is 0.373 e. The number of fused-ring (bicyclic) bond motifs is 3. The van der Waals surface area contributed by atoms with Crippen molar-refractivity contribution in [2.45, 2.75) is 63.1 Å². The number of hydrogen-bond donors (Lipinski definition) is 0. The molecule has 1 saturated heterocycles. The highest BCUT2D eigenvalue weighted by atomic mass is 19.1. The molecule has 7 rings (SSSR count). The summed E-state index contributed by atoms with van der Waals surface area (Å²) in [6, 6.07) is 4.13. The molecule has 0 radical (unpaired) electrons. The van der Waals surface area contributed by atoms with Crippen LogP contribution in [0.4, 0.5) is 8.78 Å². The first-order chi connectivity index (χ1) is 16.6. The number of aryl methyl sites for hydroxylation is 2. The summed E-state index contributed by atoms with van der Waals surface area (Å²) in [6.07, 6.45) is 9.68. The van der Waals surface area contributed by atoms with Crippen molar-refractivity contribution in [2.24, 2.45) is 0 Å². The molecule has 5 heterocycles. The highest BCUT2D eigenvalue weighted by Gasteiger charge is 2.32. The molecular weight excluding hydrogens is 438 g/mol. The minimum atomic E-state index is -0.642. The van der Waals surface area contributed by atoms with Crippen LogP contribution in [0.1, 0.15) is 67.4 Å². The zero-order valence-corrected chi connectivity index (χ0v) is 18.6. The molecule has 2 aliphatic heterocycles. The molecule has 0 N–H and O–H groups in total. The Labute approximate surface area is 194 Å². The van der Waals surface area contributed by atoms with E-state index in [1.165, 1.54) is 25.0 Å². The van der Waals surface area contributed by atoms with E-state index in [9.17, 15) is 8.78 Å². The topological polar surface area (TPSA) is 70.7 Å². The molecule has 2 atom stereocenters. The Morgan fingerprint density at radius 2 is 1.97 bits per heavy atom. The van der Waals surface area contributed by atoms with E-state index < -0.39 is 11.6 Å². The fraction of sp³-hybridized carbons (Fsp3) is 0.440. The van der Waals surface area contributed by atoms with Gasteiger partial charge in [0.25, 0.3) is 0 Å². The first kappa shape index (κ1) is 20.2. The van der Waals surface area contributed by atoms with E-state index in [0.29, 0.717) is 29.7 Å². The molecule has 4 aromatic rings. The maximum absolute atomic E-state index is 14.8. The average Bonchev–Trinajstić information content (AvgIpc) is 3.24. The van der Waals surface area contributed by atoms with Gasteiger partial charge in [0.2, 0.25) is 0 Å². The molecule has 7 nitrogen and oxygen atoms in total. The lowest BCUT2D eigenvalue weighted by molar-refractivity contribution is 0.00396. The first-order valence-corrected chi connectivity index (χ1v) is 12.0. The van der Waals surface area contributed by atoms with Gasteiger partial charge in [0.1, 0.15) is 34.5 Å². The van der Waals surface area contributed by atoms with Crippen molar-refractivity contribution in [3.63, 3.8) is 0 Å². The highest BCUT2D eigenvalue weighted by molar-refractivity contribution is 5.88. The number of imidazole rings is 1. The molecule has 9 heteroatoms. The average molecular weight is 463 g/mol. The van der Waals surface area contributed by atoms with Gasteiger partial charge in [-0.2, -0.15) is 5.10 Å². The zero-order chi connectivity index (χ0) is 22.8. The van der Waals surface area contributed by atoms with Gasteiger partial charge in [-0.3, -0.25) is 4.68 Å². The number of halogens is 2. The lowest BCUT2D eigenvalue weighted by Gasteiger charge is -2.28. The van der Waals surface area contributed by atoms with Crippen molar-refractivity contribution >= 4 is 11.2 Å². The van der Waals surface area contributed by atoms with Crippen molar-refractivity contribution in [1.29, 1.82) is 0 Å².